The lowest BCUT2D eigenvalue weighted by Gasteiger charge is -2.05. The van der Waals surface area contributed by atoms with Crippen molar-refractivity contribution in [3.8, 4) is 11.6 Å². The molecule has 0 aliphatic heterocycles. The van der Waals surface area contributed by atoms with Gasteiger partial charge in [0.1, 0.15) is 17.5 Å². The van der Waals surface area contributed by atoms with Gasteiger partial charge in [0.05, 0.1) is 4.92 Å². The molecular weight excluding hydrogens is 254 g/mol. The summed E-state index contributed by atoms with van der Waals surface area (Å²) < 4.78 is 6.45. The third-order valence-electron chi connectivity index (χ3n) is 2.30. The molecule has 2 rings (SSSR count). The second-order valence-electron chi connectivity index (χ2n) is 3.65. The quantitative estimate of drug-likeness (QED) is 0.665. The predicted molar refractivity (Wildman–Crippen MR) is 63.3 cm³/mol. The zero-order valence-corrected chi connectivity index (χ0v) is 9.81. The van der Waals surface area contributed by atoms with Crippen LogP contribution in [0, 0.1) is 10.1 Å². The number of carboxylic acid groups (broad SMARTS) is 1. The van der Waals surface area contributed by atoms with Gasteiger partial charge in [0, 0.05) is 7.05 Å². The third-order valence-corrected chi connectivity index (χ3v) is 2.30. The minimum atomic E-state index is -1.19. The molecule has 0 saturated heterocycles. The van der Waals surface area contributed by atoms with Crippen LogP contribution >= 0.6 is 0 Å². The monoisotopic (exact) mass is 263 g/mol. The summed E-state index contributed by atoms with van der Waals surface area (Å²) in [4.78, 5) is 21.1. The molecular formula is C11H9N3O5. The Morgan fingerprint density at radius 2 is 2.16 bits per heavy atom. The second-order valence-corrected chi connectivity index (χ2v) is 3.65. The molecule has 0 unspecified atom stereocenters. The van der Waals surface area contributed by atoms with E-state index >= 15 is 0 Å². The standard InChI is InChI=1S/C11H9N3O5/c1-13-6-8(14(17)18)10(12-13)19-9-5-3-2-4-7(9)11(15)16/h2-6H,1H3,(H,15,16). The van der Waals surface area contributed by atoms with Crippen LogP contribution in [0.1, 0.15) is 10.4 Å². The molecule has 0 aliphatic rings. The number of rotatable bonds is 4. The number of nitrogens with zero attached hydrogens (tertiary/aromatic N) is 3. The van der Waals surface area contributed by atoms with Crippen molar-refractivity contribution in [2.75, 3.05) is 0 Å². The Hall–Kier alpha value is -2.90. The Labute approximate surface area is 107 Å². The maximum Gasteiger partial charge on any atom is 0.350 e. The van der Waals surface area contributed by atoms with Crippen molar-refractivity contribution in [2.45, 2.75) is 0 Å². The van der Waals surface area contributed by atoms with Crippen LogP contribution in [0.3, 0.4) is 0 Å². The highest BCUT2D eigenvalue weighted by Gasteiger charge is 2.22. The van der Waals surface area contributed by atoms with E-state index < -0.39 is 10.9 Å². The molecule has 0 spiro atoms. The fraction of sp³-hybridized carbons (Fsp3) is 0.0909. The van der Waals surface area contributed by atoms with Crippen LogP contribution in [-0.2, 0) is 7.05 Å². The summed E-state index contributed by atoms with van der Waals surface area (Å²) in [6.45, 7) is 0. The number of hydrogen-bond donors (Lipinski definition) is 1. The van der Waals surface area contributed by atoms with Crippen LogP contribution in [0.4, 0.5) is 5.69 Å². The fourth-order valence-corrected chi connectivity index (χ4v) is 1.49. The van der Waals surface area contributed by atoms with Crippen LogP contribution in [0.25, 0.3) is 0 Å². The number of aromatic carboxylic acids is 1. The van der Waals surface area contributed by atoms with Gasteiger partial charge in [-0.05, 0) is 12.1 Å². The first-order valence-corrected chi connectivity index (χ1v) is 5.17. The zero-order valence-electron chi connectivity index (χ0n) is 9.81. The average molecular weight is 263 g/mol. The summed E-state index contributed by atoms with van der Waals surface area (Å²) in [5, 5.41) is 23.6. The summed E-state index contributed by atoms with van der Waals surface area (Å²) in [6.07, 6.45) is 1.18. The van der Waals surface area contributed by atoms with E-state index in [4.69, 9.17) is 9.84 Å². The van der Waals surface area contributed by atoms with Gasteiger partial charge in [-0.25, -0.2) is 4.79 Å². The maximum absolute atomic E-state index is 11.0. The summed E-state index contributed by atoms with van der Waals surface area (Å²) >= 11 is 0. The van der Waals surface area contributed by atoms with Crippen molar-refractivity contribution in [3.63, 3.8) is 0 Å². The number of ether oxygens (including phenoxy) is 1. The van der Waals surface area contributed by atoms with Gasteiger partial charge >= 0.3 is 17.5 Å². The molecule has 8 heteroatoms. The predicted octanol–water partition coefficient (Wildman–Crippen LogP) is 1.82. The van der Waals surface area contributed by atoms with E-state index in [9.17, 15) is 14.9 Å². The molecule has 1 N–H and O–H groups in total. The smallest absolute Gasteiger partial charge is 0.350 e. The molecule has 0 aliphatic carbocycles. The van der Waals surface area contributed by atoms with E-state index in [1.807, 2.05) is 0 Å². The molecule has 0 fully saturated rings. The van der Waals surface area contributed by atoms with Gasteiger partial charge < -0.3 is 9.84 Å². The van der Waals surface area contributed by atoms with Gasteiger partial charge in [0.25, 0.3) is 0 Å². The molecule has 19 heavy (non-hydrogen) atoms. The number of carbonyl (C=O) groups is 1. The molecule has 1 aromatic heterocycles. The highest BCUT2D eigenvalue weighted by Crippen LogP contribution is 2.31. The Bertz CT molecular complexity index is 650. The summed E-state index contributed by atoms with van der Waals surface area (Å²) in [5.74, 6) is -1.44. The number of carboxylic acids is 1. The van der Waals surface area contributed by atoms with Crippen LogP contribution < -0.4 is 4.74 Å². The Balaban J connectivity index is 2.42. The number of nitro groups is 1. The van der Waals surface area contributed by atoms with Gasteiger partial charge in [0.15, 0.2) is 0 Å². The van der Waals surface area contributed by atoms with Gasteiger partial charge in [-0.2, -0.15) is 0 Å². The number of para-hydroxylation sites is 1. The van der Waals surface area contributed by atoms with Crippen molar-refractivity contribution >= 4 is 11.7 Å². The van der Waals surface area contributed by atoms with E-state index in [0.717, 1.165) is 0 Å². The third kappa shape index (κ3) is 2.51. The first-order valence-electron chi connectivity index (χ1n) is 5.17. The molecule has 98 valence electrons. The molecule has 0 amide bonds. The number of aryl methyl sites for hydroxylation is 1. The van der Waals surface area contributed by atoms with Crippen molar-refractivity contribution in [2.24, 2.45) is 7.05 Å². The maximum atomic E-state index is 11.0. The Morgan fingerprint density at radius 1 is 1.47 bits per heavy atom. The van der Waals surface area contributed by atoms with Crippen molar-refractivity contribution < 1.29 is 19.6 Å². The molecule has 0 radical (unpaired) electrons. The first kappa shape index (κ1) is 12.6. The summed E-state index contributed by atoms with van der Waals surface area (Å²) in [6, 6.07) is 5.84. The van der Waals surface area contributed by atoms with Crippen LogP contribution in [-0.4, -0.2) is 25.8 Å². The van der Waals surface area contributed by atoms with Crippen molar-refractivity contribution in [1.29, 1.82) is 0 Å². The molecule has 0 bridgehead atoms. The fourth-order valence-electron chi connectivity index (χ4n) is 1.49. The minimum Gasteiger partial charge on any atom is -0.478 e. The second kappa shape index (κ2) is 4.77. The Morgan fingerprint density at radius 3 is 2.79 bits per heavy atom. The van der Waals surface area contributed by atoms with E-state index in [-0.39, 0.29) is 22.9 Å². The van der Waals surface area contributed by atoms with E-state index in [1.54, 1.807) is 6.07 Å². The van der Waals surface area contributed by atoms with Gasteiger partial charge in [-0.3, -0.25) is 14.8 Å². The molecule has 1 heterocycles. The highest BCUT2D eigenvalue weighted by molar-refractivity contribution is 5.90. The molecule has 0 saturated carbocycles. The number of benzene rings is 1. The first-order chi connectivity index (χ1) is 8.99. The lowest BCUT2D eigenvalue weighted by atomic mass is 10.2. The molecule has 1 aromatic carbocycles. The largest absolute Gasteiger partial charge is 0.478 e. The van der Waals surface area contributed by atoms with E-state index in [2.05, 4.69) is 5.10 Å². The SMILES string of the molecule is Cn1cc([N+](=O)[O-])c(Oc2ccccc2C(=O)O)n1. The summed E-state index contributed by atoms with van der Waals surface area (Å²) in [5.41, 5.74) is -0.426. The normalized spacial score (nSPS) is 10.2. The summed E-state index contributed by atoms with van der Waals surface area (Å²) in [7, 11) is 1.50. The van der Waals surface area contributed by atoms with Gasteiger partial charge in [0.2, 0.25) is 0 Å². The van der Waals surface area contributed by atoms with Crippen LogP contribution in [0.5, 0.6) is 11.6 Å². The van der Waals surface area contributed by atoms with Crippen molar-refractivity contribution in [3.05, 3.63) is 46.1 Å². The van der Waals surface area contributed by atoms with Gasteiger partial charge in [-0.15, -0.1) is 5.10 Å². The van der Waals surface area contributed by atoms with Gasteiger partial charge in [-0.1, -0.05) is 12.1 Å². The highest BCUT2D eigenvalue weighted by atomic mass is 16.6. The number of hydrogen-bond acceptors (Lipinski definition) is 5. The Kier molecular flexibility index (Phi) is 3.15. The molecule has 2 aromatic rings. The van der Waals surface area contributed by atoms with Crippen LogP contribution in [0.2, 0.25) is 0 Å². The number of aromatic nitrogens is 2. The lowest BCUT2D eigenvalue weighted by Crippen LogP contribution is -2.00. The molecule has 8 nitrogen and oxygen atoms in total. The minimum absolute atomic E-state index is 0.00296. The van der Waals surface area contributed by atoms with E-state index in [1.165, 1.54) is 36.1 Å². The lowest BCUT2D eigenvalue weighted by molar-refractivity contribution is -0.385. The topological polar surface area (TPSA) is 107 Å². The van der Waals surface area contributed by atoms with E-state index in [0.29, 0.717) is 0 Å². The average Bonchev–Trinajstić information content (AvgIpc) is 2.71. The zero-order chi connectivity index (χ0) is 14.0. The van der Waals surface area contributed by atoms with Crippen molar-refractivity contribution in [1.82, 2.24) is 9.78 Å². The molecule has 0 atom stereocenters. The van der Waals surface area contributed by atoms with Crippen LogP contribution in [0.15, 0.2) is 30.5 Å².